The lowest BCUT2D eigenvalue weighted by Gasteiger charge is -2.16. The van der Waals surface area contributed by atoms with Crippen LogP contribution in [0, 0.1) is 0 Å². The lowest BCUT2D eigenvalue weighted by Crippen LogP contribution is -2.16. The Kier molecular flexibility index (Phi) is 5.24. The summed E-state index contributed by atoms with van der Waals surface area (Å²) in [5.74, 6) is -0.646. The van der Waals surface area contributed by atoms with Crippen LogP contribution in [0.3, 0.4) is 0 Å². The molecule has 0 saturated carbocycles. The zero-order valence-electron chi connectivity index (χ0n) is 11.6. The van der Waals surface area contributed by atoms with Gasteiger partial charge in [-0.05, 0) is 32.0 Å². The first kappa shape index (κ1) is 16.3. The fourth-order valence-corrected chi connectivity index (χ4v) is 2.99. The van der Waals surface area contributed by atoms with Crippen molar-refractivity contribution in [2.24, 2.45) is 0 Å². The molecule has 0 spiro atoms. The first-order chi connectivity index (χ1) is 9.99. The second-order valence-electron chi connectivity index (χ2n) is 3.95. The Balaban J connectivity index is 2.27. The molecule has 1 aromatic heterocycles. The normalized spacial score (nSPS) is 12.1. The first-order valence-corrected chi connectivity index (χ1v) is 8.15. The molecule has 2 rings (SSSR count). The van der Waals surface area contributed by atoms with E-state index in [1.54, 1.807) is 32.0 Å². The van der Waals surface area contributed by atoms with Crippen molar-refractivity contribution in [3.8, 4) is 0 Å². The molecule has 0 bridgehead atoms. The predicted molar refractivity (Wildman–Crippen MR) is 77.4 cm³/mol. The minimum atomic E-state index is -3.70. The number of phosphoric acid groups is 1. The molecule has 0 aliphatic heterocycles. The topological polar surface area (TPSA) is 79.9 Å². The molecule has 1 aromatic carbocycles. The number of nitrogens with zero attached hydrogens (tertiary/aromatic N) is 1. The maximum atomic E-state index is 12.2. The molecule has 0 aliphatic carbocycles. The van der Waals surface area contributed by atoms with Crippen LogP contribution < -0.4 is 5.76 Å². The summed E-state index contributed by atoms with van der Waals surface area (Å²) >= 11 is 5.89. The smallest absolute Gasteiger partial charge is 0.408 e. The average Bonchev–Trinajstić information content (AvgIpc) is 2.72. The van der Waals surface area contributed by atoms with Gasteiger partial charge in [0.1, 0.15) is 6.73 Å². The van der Waals surface area contributed by atoms with Crippen LogP contribution in [0.1, 0.15) is 13.8 Å². The van der Waals surface area contributed by atoms with Gasteiger partial charge >= 0.3 is 13.6 Å². The van der Waals surface area contributed by atoms with Crippen LogP contribution in [0.15, 0.2) is 27.4 Å². The van der Waals surface area contributed by atoms with Gasteiger partial charge in [0, 0.05) is 5.02 Å². The van der Waals surface area contributed by atoms with E-state index in [1.807, 2.05) is 0 Å². The van der Waals surface area contributed by atoms with Crippen LogP contribution in [0.4, 0.5) is 0 Å². The zero-order valence-corrected chi connectivity index (χ0v) is 13.2. The van der Waals surface area contributed by atoms with Crippen molar-refractivity contribution in [3.63, 3.8) is 0 Å². The number of hydrogen-bond donors (Lipinski definition) is 0. The van der Waals surface area contributed by atoms with Crippen molar-refractivity contribution in [2.45, 2.75) is 20.6 Å². The van der Waals surface area contributed by atoms with Crippen LogP contribution >= 0.6 is 19.4 Å². The minimum Gasteiger partial charge on any atom is -0.408 e. The Morgan fingerprint density at radius 2 is 1.90 bits per heavy atom. The summed E-state index contributed by atoms with van der Waals surface area (Å²) in [7, 11) is -3.70. The molecular weight excluding hydrogens is 321 g/mol. The average molecular weight is 336 g/mol. The molecule has 7 nitrogen and oxygen atoms in total. The van der Waals surface area contributed by atoms with Gasteiger partial charge in [-0.1, -0.05) is 11.6 Å². The number of oxazole rings is 1. The van der Waals surface area contributed by atoms with E-state index in [9.17, 15) is 9.36 Å². The predicted octanol–water partition coefficient (Wildman–Crippen LogP) is 3.40. The molecule has 0 unspecified atom stereocenters. The first-order valence-electron chi connectivity index (χ1n) is 6.31. The number of benzene rings is 1. The molecule has 0 atom stereocenters. The number of fused-ring (bicyclic) bond motifs is 1. The van der Waals surface area contributed by atoms with Gasteiger partial charge in [-0.25, -0.2) is 13.9 Å². The maximum Gasteiger partial charge on any atom is 0.476 e. The summed E-state index contributed by atoms with van der Waals surface area (Å²) in [6.07, 6.45) is 0. The molecule has 1 heterocycles. The summed E-state index contributed by atoms with van der Waals surface area (Å²) in [6, 6.07) is 4.72. The van der Waals surface area contributed by atoms with Crippen molar-refractivity contribution in [2.75, 3.05) is 13.2 Å². The van der Waals surface area contributed by atoms with Crippen molar-refractivity contribution in [1.29, 1.82) is 0 Å². The third-order valence-electron chi connectivity index (χ3n) is 2.55. The highest BCUT2D eigenvalue weighted by molar-refractivity contribution is 7.48. The maximum absolute atomic E-state index is 12.2. The fourth-order valence-electron chi connectivity index (χ4n) is 1.71. The third-order valence-corrected chi connectivity index (χ3v) is 4.36. The highest BCUT2D eigenvalue weighted by atomic mass is 35.5. The lowest BCUT2D eigenvalue weighted by atomic mass is 10.3. The Bertz CT molecular complexity index is 714. The van der Waals surface area contributed by atoms with E-state index in [0.29, 0.717) is 16.1 Å². The molecule has 0 aliphatic rings. The van der Waals surface area contributed by atoms with E-state index >= 15 is 0 Å². The van der Waals surface area contributed by atoms with Gasteiger partial charge in [0.25, 0.3) is 0 Å². The van der Waals surface area contributed by atoms with Crippen LogP contribution in [-0.2, 0) is 24.9 Å². The van der Waals surface area contributed by atoms with Gasteiger partial charge in [0.2, 0.25) is 0 Å². The van der Waals surface area contributed by atoms with Gasteiger partial charge in [0.15, 0.2) is 5.58 Å². The van der Waals surface area contributed by atoms with E-state index in [1.165, 1.54) is 0 Å². The van der Waals surface area contributed by atoms with E-state index < -0.39 is 13.6 Å². The van der Waals surface area contributed by atoms with Gasteiger partial charge < -0.3 is 4.42 Å². The summed E-state index contributed by atoms with van der Waals surface area (Å²) in [5.41, 5.74) is 0.794. The Morgan fingerprint density at radius 1 is 1.24 bits per heavy atom. The van der Waals surface area contributed by atoms with Crippen molar-refractivity contribution in [1.82, 2.24) is 4.57 Å². The van der Waals surface area contributed by atoms with Gasteiger partial charge in [-0.3, -0.25) is 13.6 Å². The molecule has 21 heavy (non-hydrogen) atoms. The van der Waals surface area contributed by atoms with Crippen LogP contribution in [0.25, 0.3) is 11.1 Å². The molecular formula is C12H15ClNO6P. The summed E-state index contributed by atoms with van der Waals surface area (Å²) in [5, 5.41) is 0.440. The van der Waals surface area contributed by atoms with Gasteiger partial charge in [-0.15, -0.1) is 0 Å². The number of rotatable bonds is 7. The van der Waals surface area contributed by atoms with Crippen molar-refractivity contribution < 1.29 is 22.6 Å². The molecule has 0 saturated heterocycles. The minimum absolute atomic E-state index is 0.157. The summed E-state index contributed by atoms with van der Waals surface area (Å²) < 4.78 is 33.5. The van der Waals surface area contributed by atoms with E-state index in [4.69, 9.17) is 29.6 Å². The van der Waals surface area contributed by atoms with Crippen LogP contribution in [0.2, 0.25) is 5.02 Å². The van der Waals surface area contributed by atoms with E-state index in [2.05, 4.69) is 0 Å². The highest BCUT2D eigenvalue weighted by Gasteiger charge is 2.26. The van der Waals surface area contributed by atoms with E-state index in [0.717, 1.165) is 4.57 Å². The van der Waals surface area contributed by atoms with Crippen LogP contribution in [0.5, 0.6) is 0 Å². The Morgan fingerprint density at radius 3 is 2.52 bits per heavy atom. The lowest BCUT2D eigenvalue weighted by molar-refractivity contribution is 0.0953. The third kappa shape index (κ3) is 3.75. The van der Waals surface area contributed by atoms with Crippen molar-refractivity contribution in [3.05, 3.63) is 33.8 Å². The summed E-state index contributed by atoms with van der Waals surface area (Å²) in [6.45, 7) is 3.31. The molecule has 9 heteroatoms. The number of hydrogen-bond acceptors (Lipinski definition) is 6. The zero-order chi connectivity index (χ0) is 15.5. The number of phosphoric ester groups is 1. The standard InChI is InChI=1S/C12H15ClNO6P/c1-3-17-21(16,18-4-2)19-8-14-10-7-9(13)5-6-11(10)20-12(14)15/h5-7H,3-4,8H2,1-2H3. The highest BCUT2D eigenvalue weighted by Crippen LogP contribution is 2.49. The molecule has 0 N–H and O–H groups in total. The SMILES string of the molecule is CCOP(=O)(OCC)OCn1c(=O)oc2ccc(Cl)cc21. The second-order valence-corrected chi connectivity index (χ2v) is 6.05. The Labute approximate surface area is 126 Å². The molecule has 0 amide bonds. The van der Waals surface area contributed by atoms with Gasteiger partial charge in [0.05, 0.1) is 18.7 Å². The molecule has 0 fully saturated rings. The fraction of sp³-hybridized carbons (Fsp3) is 0.417. The van der Waals surface area contributed by atoms with E-state index in [-0.39, 0.29) is 19.9 Å². The number of aromatic nitrogens is 1. The largest absolute Gasteiger partial charge is 0.476 e. The monoisotopic (exact) mass is 335 g/mol. The molecule has 0 radical (unpaired) electrons. The molecule has 116 valence electrons. The van der Waals surface area contributed by atoms with Crippen molar-refractivity contribution >= 4 is 30.5 Å². The van der Waals surface area contributed by atoms with Crippen LogP contribution in [-0.4, -0.2) is 17.8 Å². The second kappa shape index (κ2) is 6.77. The summed E-state index contributed by atoms with van der Waals surface area (Å²) in [4.78, 5) is 11.8. The Hall–Kier alpha value is -1.11. The van der Waals surface area contributed by atoms with Gasteiger partial charge in [-0.2, -0.15) is 0 Å². The number of halogens is 1. The molecule has 2 aromatic rings. The quantitative estimate of drug-likeness (QED) is 0.721.